The van der Waals surface area contributed by atoms with Crippen LogP contribution in [0.25, 0.3) is 0 Å². The Morgan fingerprint density at radius 1 is 1.25 bits per heavy atom. The van der Waals surface area contributed by atoms with Gasteiger partial charge in [-0.2, -0.15) is 0 Å². The van der Waals surface area contributed by atoms with Crippen molar-refractivity contribution in [3.05, 3.63) is 53.9 Å². The lowest BCUT2D eigenvalue weighted by Crippen LogP contribution is -2.41. The molecule has 0 aliphatic carbocycles. The first-order valence-electron chi connectivity index (χ1n) is 8.34. The fourth-order valence-electron chi connectivity index (χ4n) is 3.31. The molecule has 2 heterocycles. The average Bonchev–Trinajstić information content (AvgIpc) is 2.61. The molecular weight excluding hydrogens is 302 g/mol. The molecule has 1 aromatic carbocycles. The second kappa shape index (κ2) is 7.64. The highest BCUT2D eigenvalue weighted by molar-refractivity contribution is 5.51. The van der Waals surface area contributed by atoms with E-state index in [1.807, 2.05) is 37.5 Å². The van der Waals surface area contributed by atoms with Crippen molar-refractivity contribution in [1.82, 2.24) is 9.88 Å². The van der Waals surface area contributed by atoms with E-state index < -0.39 is 0 Å². The molecule has 0 fully saturated rings. The van der Waals surface area contributed by atoms with E-state index in [4.69, 9.17) is 4.74 Å². The third-order valence-corrected chi connectivity index (χ3v) is 4.74. The van der Waals surface area contributed by atoms with E-state index in [1.54, 1.807) is 7.11 Å². The highest BCUT2D eigenvalue weighted by atomic mass is 16.5. The summed E-state index contributed by atoms with van der Waals surface area (Å²) in [5, 5.41) is 9.76. The van der Waals surface area contributed by atoms with Crippen LogP contribution in [0.4, 0.5) is 5.69 Å². The molecule has 0 saturated carbocycles. The average molecular weight is 327 g/mol. The number of pyridine rings is 1. The summed E-state index contributed by atoms with van der Waals surface area (Å²) in [6, 6.07) is 12.3. The number of aliphatic hydroxyl groups is 1. The van der Waals surface area contributed by atoms with Crippen LogP contribution in [0.2, 0.25) is 0 Å². The minimum atomic E-state index is 0.105. The smallest absolute Gasteiger partial charge is 0.123 e. The number of ether oxygens (including phenoxy) is 1. The number of benzene rings is 1. The van der Waals surface area contributed by atoms with Crippen molar-refractivity contribution in [2.24, 2.45) is 0 Å². The first-order valence-corrected chi connectivity index (χ1v) is 8.34. The van der Waals surface area contributed by atoms with E-state index in [2.05, 4.69) is 26.9 Å². The van der Waals surface area contributed by atoms with Gasteiger partial charge in [0.25, 0.3) is 0 Å². The van der Waals surface area contributed by atoms with Crippen LogP contribution >= 0.6 is 0 Å². The van der Waals surface area contributed by atoms with Gasteiger partial charge in [-0.05, 0) is 24.6 Å². The van der Waals surface area contributed by atoms with Crippen molar-refractivity contribution in [3.8, 4) is 5.75 Å². The number of aliphatic hydroxyl groups excluding tert-OH is 1. The molecule has 0 saturated heterocycles. The molecule has 1 atom stereocenters. The van der Waals surface area contributed by atoms with Gasteiger partial charge < -0.3 is 14.7 Å². The van der Waals surface area contributed by atoms with Crippen LogP contribution in [0.1, 0.15) is 17.7 Å². The normalized spacial score (nSPS) is 18.6. The van der Waals surface area contributed by atoms with E-state index in [9.17, 15) is 5.11 Å². The molecule has 128 valence electrons. The van der Waals surface area contributed by atoms with Crippen LogP contribution in [0, 0.1) is 0 Å². The van der Waals surface area contributed by atoms with Crippen LogP contribution < -0.4 is 9.64 Å². The Balaban J connectivity index is 1.87. The van der Waals surface area contributed by atoms with E-state index in [-0.39, 0.29) is 12.6 Å². The maximum atomic E-state index is 9.76. The largest absolute Gasteiger partial charge is 0.496 e. The minimum absolute atomic E-state index is 0.105. The first kappa shape index (κ1) is 16.7. The maximum absolute atomic E-state index is 9.76. The second-order valence-corrected chi connectivity index (χ2v) is 6.23. The first-order chi connectivity index (χ1) is 11.7. The van der Waals surface area contributed by atoms with Gasteiger partial charge in [0, 0.05) is 38.4 Å². The monoisotopic (exact) mass is 327 g/mol. The van der Waals surface area contributed by atoms with Crippen LogP contribution in [0.3, 0.4) is 0 Å². The van der Waals surface area contributed by atoms with Crippen LogP contribution in [-0.2, 0) is 13.1 Å². The van der Waals surface area contributed by atoms with Crippen molar-refractivity contribution < 1.29 is 9.84 Å². The van der Waals surface area contributed by atoms with E-state index in [0.29, 0.717) is 0 Å². The van der Waals surface area contributed by atoms with Crippen molar-refractivity contribution in [2.75, 3.05) is 32.2 Å². The fourth-order valence-corrected chi connectivity index (χ4v) is 3.31. The molecule has 5 heteroatoms. The molecule has 1 aliphatic heterocycles. The van der Waals surface area contributed by atoms with E-state index in [0.717, 1.165) is 43.2 Å². The number of likely N-dealkylation sites (N-methyl/N-ethyl adjacent to an activating group) is 1. The number of methoxy groups -OCH3 is 1. The Hall–Kier alpha value is -2.11. The summed E-state index contributed by atoms with van der Waals surface area (Å²) in [4.78, 5) is 9.11. The highest BCUT2D eigenvalue weighted by Crippen LogP contribution is 2.27. The number of nitrogens with zero attached hydrogens (tertiary/aromatic N) is 3. The zero-order chi connectivity index (χ0) is 16.9. The number of aromatic nitrogens is 1. The molecule has 1 N–H and O–H groups in total. The second-order valence-electron chi connectivity index (χ2n) is 6.23. The molecular formula is C19H25N3O2. The van der Waals surface area contributed by atoms with E-state index in [1.165, 1.54) is 5.56 Å². The summed E-state index contributed by atoms with van der Waals surface area (Å²) < 4.78 is 5.48. The Labute approximate surface area is 143 Å². The van der Waals surface area contributed by atoms with Gasteiger partial charge in [-0.3, -0.25) is 9.88 Å². The lowest BCUT2D eigenvalue weighted by Gasteiger charge is -2.35. The zero-order valence-corrected chi connectivity index (χ0v) is 14.4. The zero-order valence-electron chi connectivity index (χ0n) is 14.4. The van der Waals surface area contributed by atoms with Gasteiger partial charge in [-0.1, -0.05) is 18.2 Å². The third-order valence-electron chi connectivity index (χ3n) is 4.74. The van der Waals surface area contributed by atoms with Gasteiger partial charge >= 0.3 is 0 Å². The van der Waals surface area contributed by atoms with Crippen molar-refractivity contribution in [2.45, 2.75) is 25.6 Å². The lowest BCUT2D eigenvalue weighted by molar-refractivity contribution is 0.203. The minimum Gasteiger partial charge on any atom is -0.496 e. The molecule has 1 aliphatic rings. The summed E-state index contributed by atoms with van der Waals surface area (Å²) in [7, 11) is 3.75. The summed E-state index contributed by atoms with van der Waals surface area (Å²) in [6.07, 6.45) is 2.75. The van der Waals surface area contributed by atoms with Crippen LogP contribution in [0.15, 0.2) is 42.6 Å². The summed E-state index contributed by atoms with van der Waals surface area (Å²) >= 11 is 0. The quantitative estimate of drug-likeness (QED) is 0.934. The lowest BCUT2D eigenvalue weighted by atomic mass is 10.1. The maximum Gasteiger partial charge on any atom is 0.123 e. The van der Waals surface area contributed by atoms with Gasteiger partial charge in [-0.15, -0.1) is 0 Å². The molecule has 24 heavy (non-hydrogen) atoms. The molecule has 0 amide bonds. The number of hydrogen-bond donors (Lipinski definition) is 1. The number of para-hydroxylation sites is 1. The number of rotatable bonds is 4. The highest BCUT2D eigenvalue weighted by Gasteiger charge is 2.23. The molecule has 0 bridgehead atoms. The van der Waals surface area contributed by atoms with Gasteiger partial charge in [0.05, 0.1) is 31.1 Å². The van der Waals surface area contributed by atoms with E-state index >= 15 is 0 Å². The van der Waals surface area contributed by atoms with Gasteiger partial charge in [0.1, 0.15) is 5.75 Å². The van der Waals surface area contributed by atoms with Crippen molar-refractivity contribution in [3.63, 3.8) is 0 Å². The molecule has 1 unspecified atom stereocenters. The molecule has 5 nitrogen and oxygen atoms in total. The Morgan fingerprint density at radius 2 is 2.08 bits per heavy atom. The molecule has 2 aromatic rings. The number of hydrogen-bond acceptors (Lipinski definition) is 5. The number of anilines is 1. The Morgan fingerprint density at radius 3 is 2.88 bits per heavy atom. The Bertz CT molecular complexity index is 677. The van der Waals surface area contributed by atoms with Crippen molar-refractivity contribution >= 4 is 5.69 Å². The summed E-state index contributed by atoms with van der Waals surface area (Å²) in [5.41, 5.74) is 3.32. The standard InChI is InChI=1S/C19H25N3O2/c1-21-16(14-23)9-11-22(13-17-18(21)7-5-10-20-17)12-15-6-3-4-8-19(15)24-2/h3-8,10,16,23H,9,11-14H2,1-2H3. The fraction of sp³-hybridized carbons (Fsp3) is 0.421. The Kier molecular flexibility index (Phi) is 5.33. The van der Waals surface area contributed by atoms with Gasteiger partial charge in [0.15, 0.2) is 0 Å². The van der Waals surface area contributed by atoms with Crippen molar-refractivity contribution in [1.29, 1.82) is 0 Å². The molecule has 3 rings (SSSR count). The molecule has 1 aromatic heterocycles. The SMILES string of the molecule is COc1ccccc1CN1CCC(CO)N(C)c2cccnc2C1. The number of fused-ring (bicyclic) bond motifs is 1. The predicted octanol–water partition coefficient (Wildman–Crippen LogP) is 2.29. The van der Waals surface area contributed by atoms with Gasteiger partial charge in [-0.25, -0.2) is 0 Å². The summed E-state index contributed by atoms with van der Waals surface area (Å²) in [6.45, 7) is 2.65. The molecule has 0 radical (unpaired) electrons. The van der Waals surface area contributed by atoms with Crippen LogP contribution in [-0.4, -0.2) is 48.3 Å². The topological polar surface area (TPSA) is 48.8 Å². The third kappa shape index (κ3) is 3.52. The van der Waals surface area contributed by atoms with Crippen LogP contribution in [0.5, 0.6) is 5.75 Å². The summed E-state index contributed by atoms with van der Waals surface area (Å²) in [5.74, 6) is 0.914. The predicted molar refractivity (Wildman–Crippen MR) is 95.2 cm³/mol. The molecule has 0 spiro atoms. The van der Waals surface area contributed by atoms with Gasteiger partial charge in [0.2, 0.25) is 0 Å².